The van der Waals surface area contributed by atoms with Crippen molar-refractivity contribution in [1.29, 1.82) is 0 Å². The van der Waals surface area contributed by atoms with E-state index in [2.05, 4.69) is 5.32 Å². The third-order valence-corrected chi connectivity index (χ3v) is 4.57. The van der Waals surface area contributed by atoms with Crippen molar-refractivity contribution in [2.45, 2.75) is 0 Å². The van der Waals surface area contributed by atoms with E-state index in [1.54, 1.807) is 0 Å². The number of hydrogen-bond donors (Lipinski definition) is 1. The number of benzene rings is 2. The monoisotopic (exact) mass is 386 g/mol. The minimum atomic E-state index is -3.80. The quantitative estimate of drug-likeness (QED) is 0.828. The Labute approximate surface area is 150 Å². The minimum Gasteiger partial charge on any atom is -0.495 e. The molecule has 0 heterocycles. The Morgan fingerprint density at radius 1 is 1.28 bits per heavy atom. The van der Waals surface area contributed by atoms with Gasteiger partial charge < -0.3 is 10.1 Å². The molecule has 0 saturated heterocycles. The maximum atomic E-state index is 13.2. The molecule has 2 aromatic rings. The van der Waals surface area contributed by atoms with Crippen molar-refractivity contribution in [3.8, 4) is 5.75 Å². The van der Waals surface area contributed by atoms with Gasteiger partial charge in [0, 0.05) is 10.7 Å². The Bertz CT molecular complexity index is 889. The number of carbonyl (C=O) groups excluding carboxylic acids is 1. The molecule has 134 valence electrons. The number of nitrogens with zero attached hydrogens (tertiary/aromatic N) is 1. The molecule has 9 heteroatoms. The first-order valence-corrected chi connectivity index (χ1v) is 9.30. The van der Waals surface area contributed by atoms with Crippen LogP contribution in [0.1, 0.15) is 0 Å². The van der Waals surface area contributed by atoms with Gasteiger partial charge >= 0.3 is 0 Å². The van der Waals surface area contributed by atoms with Gasteiger partial charge in [0.05, 0.1) is 19.1 Å². The molecule has 0 aliphatic heterocycles. The lowest BCUT2D eigenvalue weighted by atomic mass is 10.3. The number of anilines is 2. The van der Waals surface area contributed by atoms with Crippen molar-refractivity contribution in [3.05, 3.63) is 53.3 Å². The number of sulfonamides is 1. The Morgan fingerprint density at radius 3 is 2.60 bits per heavy atom. The van der Waals surface area contributed by atoms with Crippen LogP contribution in [0.4, 0.5) is 15.8 Å². The van der Waals surface area contributed by atoms with Gasteiger partial charge in [-0.15, -0.1) is 0 Å². The second kappa shape index (κ2) is 7.71. The Kier molecular flexibility index (Phi) is 5.86. The van der Waals surface area contributed by atoms with Gasteiger partial charge in [0.15, 0.2) is 0 Å². The van der Waals surface area contributed by atoms with Gasteiger partial charge in [0.1, 0.15) is 18.1 Å². The molecule has 0 aliphatic carbocycles. The van der Waals surface area contributed by atoms with Crippen LogP contribution in [0.2, 0.25) is 5.02 Å². The highest BCUT2D eigenvalue weighted by Crippen LogP contribution is 2.32. The highest BCUT2D eigenvalue weighted by atomic mass is 35.5. The molecule has 1 N–H and O–H groups in total. The molecule has 2 aromatic carbocycles. The van der Waals surface area contributed by atoms with Crippen LogP contribution in [0, 0.1) is 5.82 Å². The second-order valence-electron chi connectivity index (χ2n) is 5.14. The SMILES string of the molecule is COc1ccc(Cl)cc1N(CC(=O)Nc1cccc(F)c1)S(C)(=O)=O. The fraction of sp³-hybridized carbons (Fsp3) is 0.188. The standard InChI is InChI=1S/C16H16ClFN2O4S/c1-24-15-7-6-11(17)8-14(15)20(25(2,22)23)10-16(21)19-13-5-3-4-12(18)9-13/h3-9H,10H2,1-2H3,(H,19,21). The highest BCUT2D eigenvalue weighted by Gasteiger charge is 2.24. The van der Waals surface area contributed by atoms with Crippen LogP contribution < -0.4 is 14.4 Å². The number of hydrogen-bond acceptors (Lipinski definition) is 4. The van der Waals surface area contributed by atoms with Gasteiger partial charge in [-0.3, -0.25) is 9.10 Å². The van der Waals surface area contributed by atoms with E-state index < -0.39 is 28.3 Å². The van der Waals surface area contributed by atoms with E-state index in [0.29, 0.717) is 0 Å². The Hall–Kier alpha value is -2.32. The molecule has 25 heavy (non-hydrogen) atoms. The van der Waals surface area contributed by atoms with Crippen LogP contribution in [0.5, 0.6) is 5.75 Å². The maximum Gasteiger partial charge on any atom is 0.245 e. The van der Waals surface area contributed by atoms with Gasteiger partial charge in [-0.05, 0) is 36.4 Å². The van der Waals surface area contributed by atoms with E-state index in [0.717, 1.165) is 16.6 Å². The van der Waals surface area contributed by atoms with E-state index in [1.807, 2.05) is 0 Å². The van der Waals surface area contributed by atoms with Crippen LogP contribution in [0.15, 0.2) is 42.5 Å². The number of nitrogens with one attached hydrogen (secondary N) is 1. The van der Waals surface area contributed by atoms with E-state index >= 15 is 0 Å². The van der Waals surface area contributed by atoms with E-state index in [-0.39, 0.29) is 22.1 Å². The highest BCUT2D eigenvalue weighted by molar-refractivity contribution is 7.92. The summed E-state index contributed by atoms with van der Waals surface area (Å²) in [6.45, 7) is -0.522. The van der Waals surface area contributed by atoms with Gasteiger partial charge in [-0.2, -0.15) is 0 Å². The fourth-order valence-corrected chi connectivity index (χ4v) is 3.15. The molecule has 0 fully saturated rings. The number of carbonyl (C=O) groups is 1. The average molecular weight is 387 g/mol. The second-order valence-corrected chi connectivity index (χ2v) is 7.49. The largest absolute Gasteiger partial charge is 0.495 e. The van der Waals surface area contributed by atoms with E-state index in [9.17, 15) is 17.6 Å². The van der Waals surface area contributed by atoms with Gasteiger partial charge in [-0.25, -0.2) is 12.8 Å². The number of rotatable bonds is 6. The lowest BCUT2D eigenvalue weighted by Gasteiger charge is -2.24. The van der Waals surface area contributed by atoms with Gasteiger partial charge in [-0.1, -0.05) is 17.7 Å². The molecular weight excluding hydrogens is 371 g/mol. The summed E-state index contributed by atoms with van der Waals surface area (Å²) in [7, 11) is -2.43. The zero-order valence-electron chi connectivity index (χ0n) is 13.5. The fourth-order valence-electron chi connectivity index (χ4n) is 2.14. The molecule has 1 amide bonds. The molecule has 0 radical (unpaired) electrons. The molecule has 0 aromatic heterocycles. The molecule has 0 unspecified atom stereocenters. The summed E-state index contributed by atoms with van der Waals surface area (Å²) in [4.78, 5) is 12.2. The zero-order chi connectivity index (χ0) is 18.6. The summed E-state index contributed by atoms with van der Waals surface area (Å²) in [6.07, 6.45) is 0.961. The minimum absolute atomic E-state index is 0.131. The van der Waals surface area contributed by atoms with Crippen LogP contribution in [-0.2, 0) is 14.8 Å². The molecule has 0 atom stereocenters. The molecule has 2 rings (SSSR count). The lowest BCUT2D eigenvalue weighted by Crippen LogP contribution is -2.37. The smallest absolute Gasteiger partial charge is 0.245 e. The number of ether oxygens (including phenoxy) is 1. The molecule has 0 aliphatic rings. The lowest BCUT2D eigenvalue weighted by molar-refractivity contribution is -0.114. The predicted octanol–water partition coefficient (Wildman–Crippen LogP) is 2.89. The number of amides is 1. The van der Waals surface area contributed by atoms with Crippen LogP contribution in [0.25, 0.3) is 0 Å². The van der Waals surface area contributed by atoms with Crippen molar-refractivity contribution < 1.29 is 22.3 Å². The number of methoxy groups -OCH3 is 1. The predicted molar refractivity (Wildman–Crippen MR) is 95.2 cm³/mol. The third-order valence-electron chi connectivity index (χ3n) is 3.21. The summed E-state index contributed by atoms with van der Waals surface area (Å²) in [5.41, 5.74) is 0.350. The number of halogens is 2. The summed E-state index contributed by atoms with van der Waals surface area (Å²) in [6, 6.07) is 9.71. The van der Waals surface area contributed by atoms with Crippen LogP contribution >= 0.6 is 11.6 Å². The molecule has 0 spiro atoms. The van der Waals surface area contributed by atoms with E-state index in [1.165, 1.54) is 43.5 Å². The summed E-state index contributed by atoms with van der Waals surface area (Å²) >= 11 is 5.93. The Balaban J connectivity index is 2.30. The zero-order valence-corrected chi connectivity index (χ0v) is 15.1. The van der Waals surface area contributed by atoms with Crippen LogP contribution in [0.3, 0.4) is 0 Å². The van der Waals surface area contributed by atoms with Crippen molar-refractivity contribution in [3.63, 3.8) is 0 Å². The topological polar surface area (TPSA) is 75.7 Å². The van der Waals surface area contributed by atoms with Crippen LogP contribution in [-0.4, -0.2) is 34.2 Å². The molecule has 6 nitrogen and oxygen atoms in total. The Morgan fingerprint density at radius 2 is 2.00 bits per heavy atom. The molecular formula is C16H16ClFN2O4S. The molecule has 0 saturated carbocycles. The van der Waals surface area contributed by atoms with Crippen molar-refractivity contribution in [1.82, 2.24) is 0 Å². The maximum absolute atomic E-state index is 13.2. The first kappa shape index (κ1) is 19.0. The van der Waals surface area contributed by atoms with Gasteiger partial charge in [0.2, 0.25) is 15.9 Å². The summed E-state index contributed by atoms with van der Waals surface area (Å²) < 4.78 is 43.5. The summed E-state index contributed by atoms with van der Waals surface area (Å²) in [5.74, 6) is -0.916. The van der Waals surface area contributed by atoms with E-state index in [4.69, 9.17) is 16.3 Å². The summed E-state index contributed by atoms with van der Waals surface area (Å²) in [5, 5.41) is 2.74. The normalized spacial score (nSPS) is 11.0. The first-order chi connectivity index (χ1) is 11.7. The van der Waals surface area contributed by atoms with Crippen molar-refractivity contribution in [2.24, 2.45) is 0 Å². The first-order valence-electron chi connectivity index (χ1n) is 7.07. The molecule has 0 bridgehead atoms. The van der Waals surface area contributed by atoms with Gasteiger partial charge in [0.25, 0.3) is 0 Å². The third kappa shape index (κ3) is 5.07. The average Bonchev–Trinajstić information content (AvgIpc) is 2.51. The van der Waals surface area contributed by atoms with Crippen molar-refractivity contribution in [2.75, 3.05) is 29.5 Å². The van der Waals surface area contributed by atoms with Crippen molar-refractivity contribution >= 4 is 38.9 Å².